The molecule has 1 unspecified atom stereocenters. The van der Waals surface area contributed by atoms with Crippen molar-refractivity contribution >= 4 is 27.7 Å². The van der Waals surface area contributed by atoms with Gasteiger partial charge in [0.2, 0.25) is 5.91 Å². The van der Waals surface area contributed by atoms with Gasteiger partial charge in [-0.05, 0) is 37.8 Å². The normalized spacial score (nSPS) is 23.0. The van der Waals surface area contributed by atoms with Crippen LogP contribution in [0.3, 0.4) is 0 Å². The fraction of sp³-hybridized carbons (Fsp3) is 0.632. The second-order valence-electron chi connectivity index (χ2n) is 7.92. The van der Waals surface area contributed by atoms with E-state index in [1.807, 2.05) is 6.92 Å². The number of piperidine rings is 1. The van der Waals surface area contributed by atoms with E-state index in [9.17, 15) is 18.0 Å². The van der Waals surface area contributed by atoms with Crippen molar-refractivity contribution in [2.75, 3.05) is 25.4 Å². The summed E-state index contributed by atoms with van der Waals surface area (Å²) in [5.74, 6) is 0.213. The number of carbonyl (C=O) groups is 2. The summed E-state index contributed by atoms with van der Waals surface area (Å²) < 4.78 is 27.5. The molecule has 3 aliphatic rings. The number of hydrogen-bond donors (Lipinski definition) is 1. The first-order valence-electron chi connectivity index (χ1n) is 9.76. The molecular weight excluding hydrogens is 380 g/mol. The fourth-order valence-corrected chi connectivity index (χ4v) is 4.39. The summed E-state index contributed by atoms with van der Waals surface area (Å²) in [7, 11) is -3.54. The molecule has 1 atom stereocenters. The quantitative estimate of drug-likeness (QED) is 0.745. The molecule has 3 heterocycles. The number of hydrogen-bond acceptors (Lipinski definition) is 5. The van der Waals surface area contributed by atoms with Gasteiger partial charge >= 0.3 is 0 Å². The largest absolute Gasteiger partial charge is 0.353 e. The topological polar surface area (TPSA) is 99.1 Å². The van der Waals surface area contributed by atoms with Crippen LogP contribution < -0.4 is 5.32 Å². The Morgan fingerprint density at radius 1 is 1.18 bits per heavy atom. The Morgan fingerprint density at radius 3 is 2.50 bits per heavy atom. The zero-order valence-corrected chi connectivity index (χ0v) is 17.4. The van der Waals surface area contributed by atoms with Crippen LogP contribution in [0.25, 0.3) is 0 Å². The lowest BCUT2D eigenvalue weighted by molar-refractivity contribution is -0.132. The number of fused-ring (bicyclic) bond motifs is 1. The highest BCUT2D eigenvalue weighted by Crippen LogP contribution is 2.23. The van der Waals surface area contributed by atoms with Crippen LogP contribution in [0.1, 0.15) is 33.6 Å². The van der Waals surface area contributed by atoms with Crippen molar-refractivity contribution in [1.29, 1.82) is 0 Å². The highest BCUT2D eigenvalue weighted by Gasteiger charge is 2.34. The molecule has 0 aliphatic carbocycles. The molecule has 0 aromatic carbocycles. The molecule has 0 aromatic rings. The van der Waals surface area contributed by atoms with Gasteiger partial charge in [-0.15, -0.1) is 4.40 Å². The third-order valence-corrected chi connectivity index (χ3v) is 6.76. The highest BCUT2D eigenvalue weighted by atomic mass is 32.2. The molecule has 1 saturated heterocycles. The Bertz CT molecular complexity index is 836. The lowest BCUT2D eigenvalue weighted by atomic mass is 9.94. The maximum Gasteiger partial charge on any atom is 0.257 e. The summed E-state index contributed by atoms with van der Waals surface area (Å²) in [5.41, 5.74) is 0.294. The summed E-state index contributed by atoms with van der Waals surface area (Å²) in [6.07, 6.45) is 6.27. The van der Waals surface area contributed by atoms with E-state index in [2.05, 4.69) is 23.6 Å². The lowest BCUT2D eigenvalue weighted by Gasteiger charge is -2.35. The monoisotopic (exact) mass is 408 g/mol. The highest BCUT2D eigenvalue weighted by molar-refractivity contribution is 7.90. The predicted molar refractivity (Wildman–Crippen MR) is 107 cm³/mol. The minimum atomic E-state index is -3.54. The molecule has 0 spiro atoms. The third-order valence-electron chi connectivity index (χ3n) is 5.61. The van der Waals surface area contributed by atoms with Crippen molar-refractivity contribution in [1.82, 2.24) is 15.1 Å². The van der Waals surface area contributed by atoms with Crippen LogP contribution in [-0.2, 0) is 19.6 Å². The standard InChI is InChI=1S/C19H28N4O4S/c1-13(2)14(3)20-18(24)15-6-9-23(10-7-15)19(25)16-5-4-8-22-11-12-28(26,27)21-17(16)22/h4-5,8,13-15H,6-7,9-12H2,1-3H3,(H,20,24). The predicted octanol–water partition coefficient (Wildman–Crippen LogP) is 0.883. The minimum absolute atomic E-state index is 0.0436. The van der Waals surface area contributed by atoms with Gasteiger partial charge in [0.1, 0.15) is 0 Å². The van der Waals surface area contributed by atoms with Crippen LogP contribution in [0.15, 0.2) is 28.3 Å². The summed E-state index contributed by atoms with van der Waals surface area (Å²) in [6, 6.07) is 0.114. The maximum absolute atomic E-state index is 13.0. The molecular formula is C19H28N4O4S. The first-order chi connectivity index (χ1) is 13.2. The van der Waals surface area contributed by atoms with Gasteiger partial charge in [0.15, 0.2) is 5.84 Å². The van der Waals surface area contributed by atoms with E-state index in [1.54, 1.807) is 28.2 Å². The van der Waals surface area contributed by atoms with Crippen molar-refractivity contribution in [2.24, 2.45) is 16.2 Å². The number of sulfonamides is 1. The van der Waals surface area contributed by atoms with E-state index in [1.165, 1.54) is 0 Å². The van der Waals surface area contributed by atoms with Gasteiger partial charge < -0.3 is 15.1 Å². The molecule has 0 bridgehead atoms. The molecule has 0 saturated carbocycles. The number of allylic oxidation sites excluding steroid dienone is 2. The Balaban J connectivity index is 1.64. The van der Waals surface area contributed by atoms with Gasteiger partial charge in [0, 0.05) is 37.8 Å². The van der Waals surface area contributed by atoms with Gasteiger partial charge in [0.05, 0.1) is 11.3 Å². The van der Waals surface area contributed by atoms with Crippen molar-refractivity contribution in [3.05, 3.63) is 23.9 Å². The van der Waals surface area contributed by atoms with E-state index in [0.717, 1.165) is 0 Å². The Labute approximate surface area is 166 Å². The van der Waals surface area contributed by atoms with Gasteiger partial charge in [-0.3, -0.25) is 9.59 Å². The molecule has 0 radical (unpaired) electrons. The molecule has 1 fully saturated rings. The van der Waals surface area contributed by atoms with Gasteiger partial charge in [0.25, 0.3) is 15.9 Å². The van der Waals surface area contributed by atoms with Crippen LogP contribution in [0.4, 0.5) is 0 Å². The molecule has 9 heteroatoms. The van der Waals surface area contributed by atoms with Crippen LogP contribution in [0, 0.1) is 11.8 Å². The fourth-order valence-electron chi connectivity index (χ4n) is 3.41. The molecule has 3 aliphatic heterocycles. The van der Waals surface area contributed by atoms with E-state index in [-0.39, 0.29) is 35.4 Å². The number of rotatable bonds is 4. The van der Waals surface area contributed by atoms with Crippen molar-refractivity contribution < 1.29 is 18.0 Å². The zero-order chi connectivity index (χ0) is 20.5. The second-order valence-corrected chi connectivity index (χ2v) is 9.68. The summed E-state index contributed by atoms with van der Waals surface area (Å²) in [6.45, 7) is 7.35. The van der Waals surface area contributed by atoms with Gasteiger partial charge in [-0.25, -0.2) is 8.42 Å². The van der Waals surface area contributed by atoms with Crippen LogP contribution >= 0.6 is 0 Å². The number of likely N-dealkylation sites (tertiary alicyclic amines) is 1. The van der Waals surface area contributed by atoms with Crippen molar-refractivity contribution in [2.45, 2.75) is 39.7 Å². The second kappa shape index (κ2) is 8.06. The Hall–Kier alpha value is -2.16. The van der Waals surface area contributed by atoms with Crippen molar-refractivity contribution in [3.8, 4) is 0 Å². The van der Waals surface area contributed by atoms with E-state index in [0.29, 0.717) is 44.0 Å². The van der Waals surface area contributed by atoms with Crippen LogP contribution in [0.2, 0.25) is 0 Å². The summed E-state index contributed by atoms with van der Waals surface area (Å²) in [4.78, 5) is 28.8. The first-order valence-corrected chi connectivity index (χ1v) is 11.4. The van der Waals surface area contributed by atoms with E-state index in [4.69, 9.17) is 0 Å². The van der Waals surface area contributed by atoms with E-state index < -0.39 is 10.0 Å². The van der Waals surface area contributed by atoms with Gasteiger partial charge in [-0.2, -0.15) is 0 Å². The summed E-state index contributed by atoms with van der Waals surface area (Å²) in [5, 5.41) is 3.05. The molecule has 28 heavy (non-hydrogen) atoms. The third kappa shape index (κ3) is 4.45. The molecule has 8 nitrogen and oxygen atoms in total. The Kier molecular flexibility index (Phi) is 5.92. The average Bonchev–Trinajstić information content (AvgIpc) is 2.66. The first kappa shape index (κ1) is 20.6. The molecule has 2 amide bonds. The Morgan fingerprint density at radius 2 is 1.86 bits per heavy atom. The maximum atomic E-state index is 13.0. The van der Waals surface area contributed by atoms with E-state index >= 15 is 0 Å². The number of carbonyl (C=O) groups excluding carboxylic acids is 2. The van der Waals surface area contributed by atoms with Gasteiger partial charge in [-0.1, -0.05) is 13.8 Å². The number of nitrogens with zero attached hydrogens (tertiary/aromatic N) is 3. The molecule has 0 aromatic heterocycles. The van der Waals surface area contributed by atoms with Crippen LogP contribution in [-0.4, -0.2) is 67.3 Å². The molecule has 1 N–H and O–H groups in total. The SMILES string of the molecule is CC(C)C(C)NC(=O)C1CCN(C(=O)C2=CC=CN3CCS(=O)(=O)N=C23)CC1. The minimum Gasteiger partial charge on any atom is -0.353 e. The summed E-state index contributed by atoms with van der Waals surface area (Å²) >= 11 is 0. The molecule has 154 valence electrons. The number of amides is 2. The van der Waals surface area contributed by atoms with Crippen LogP contribution in [0.5, 0.6) is 0 Å². The van der Waals surface area contributed by atoms with Crippen molar-refractivity contribution in [3.63, 3.8) is 0 Å². The zero-order valence-electron chi connectivity index (χ0n) is 16.6. The lowest BCUT2D eigenvalue weighted by Crippen LogP contribution is -2.48. The number of nitrogens with one attached hydrogen (secondary N) is 1. The smallest absolute Gasteiger partial charge is 0.257 e. The average molecular weight is 409 g/mol. The number of amidine groups is 1. The molecule has 3 rings (SSSR count).